The van der Waals surface area contributed by atoms with Gasteiger partial charge >= 0.3 is 0 Å². The molecule has 0 saturated carbocycles. The number of hydrogen-bond donors (Lipinski definition) is 1. The van der Waals surface area contributed by atoms with E-state index in [1.807, 2.05) is 31.4 Å². The molecule has 3 rings (SSSR count). The number of nitrogens with zero attached hydrogens (tertiary/aromatic N) is 1. The molecule has 1 N–H and O–H groups in total. The van der Waals surface area contributed by atoms with Gasteiger partial charge in [-0.2, -0.15) is 0 Å². The van der Waals surface area contributed by atoms with Crippen LogP contribution in [0.3, 0.4) is 0 Å². The SMILES string of the molecule is C=C1SCC(=O)N1c1cc(OCC)c(O)c(-c2sccc2C)c1. The van der Waals surface area contributed by atoms with Crippen LogP contribution in [0.25, 0.3) is 10.4 Å². The van der Waals surface area contributed by atoms with Crippen molar-refractivity contribution in [1.29, 1.82) is 0 Å². The maximum atomic E-state index is 12.1. The van der Waals surface area contributed by atoms with E-state index in [0.717, 1.165) is 10.4 Å². The topological polar surface area (TPSA) is 49.8 Å². The van der Waals surface area contributed by atoms with Crippen LogP contribution in [-0.4, -0.2) is 23.4 Å². The third-order valence-corrected chi connectivity index (χ3v) is 5.54. The highest BCUT2D eigenvalue weighted by Gasteiger charge is 2.28. The largest absolute Gasteiger partial charge is 0.504 e. The zero-order chi connectivity index (χ0) is 16.6. The van der Waals surface area contributed by atoms with Crippen molar-refractivity contribution in [3.05, 3.63) is 40.8 Å². The van der Waals surface area contributed by atoms with E-state index in [1.54, 1.807) is 22.3 Å². The first-order valence-corrected chi connectivity index (χ1v) is 9.08. The van der Waals surface area contributed by atoms with Gasteiger partial charge in [-0.3, -0.25) is 9.69 Å². The lowest BCUT2D eigenvalue weighted by atomic mass is 10.1. The van der Waals surface area contributed by atoms with Crippen molar-refractivity contribution in [2.45, 2.75) is 13.8 Å². The molecule has 120 valence electrons. The van der Waals surface area contributed by atoms with Gasteiger partial charge in [0, 0.05) is 16.5 Å². The van der Waals surface area contributed by atoms with E-state index in [-0.39, 0.29) is 11.7 Å². The van der Waals surface area contributed by atoms with Crippen molar-refractivity contribution in [3.63, 3.8) is 0 Å². The molecule has 1 aliphatic rings. The highest BCUT2D eigenvalue weighted by molar-refractivity contribution is 8.04. The zero-order valence-electron chi connectivity index (χ0n) is 13.0. The van der Waals surface area contributed by atoms with Crippen LogP contribution in [0.2, 0.25) is 0 Å². The Hall–Kier alpha value is -1.92. The van der Waals surface area contributed by atoms with E-state index in [9.17, 15) is 9.90 Å². The lowest BCUT2D eigenvalue weighted by molar-refractivity contribution is -0.115. The predicted molar refractivity (Wildman–Crippen MR) is 96.4 cm³/mol. The van der Waals surface area contributed by atoms with Crippen molar-refractivity contribution in [2.24, 2.45) is 0 Å². The average Bonchev–Trinajstić information content (AvgIpc) is 3.08. The number of phenolic OH excluding ortho intramolecular Hbond substituents is 1. The summed E-state index contributed by atoms with van der Waals surface area (Å²) in [6, 6.07) is 5.52. The molecule has 1 aliphatic heterocycles. The van der Waals surface area contributed by atoms with Crippen molar-refractivity contribution in [1.82, 2.24) is 0 Å². The first kappa shape index (κ1) is 16.0. The summed E-state index contributed by atoms with van der Waals surface area (Å²) in [6.45, 7) is 8.23. The molecule has 0 bridgehead atoms. The number of phenols is 1. The fourth-order valence-electron chi connectivity index (χ4n) is 2.51. The lowest BCUT2D eigenvalue weighted by Gasteiger charge is -2.20. The molecule has 23 heavy (non-hydrogen) atoms. The number of amides is 1. The second kappa shape index (κ2) is 6.29. The average molecular weight is 347 g/mol. The highest BCUT2D eigenvalue weighted by atomic mass is 32.2. The fourth-order valence-corrected chi connectivity index (χ4v) is 4.21. The normalized spacial score (nSPS) is 14.6. The van der Waals surface area contributed by atoms with Crippen LogP contribution >= 0.6 is 23.1 Å². The Balaban J connectivity index is 2.18. The van der Waals surface area contributed by atoms with Gasteiger partial charge in [-0.1, -0.05) is 18.3 Å². The summed E-state index contributed by atoms with van der Waals surface area (Å²) in [5, 5.41) is 13.2. The van der Waals surface area contributed by atoms with E-state index >= 15 is 0 Å². The number of aryl methyl sites for hydroxylation is 1. The van der Waals surface area contributed by atoms with Crippen LogP contribution in [0.1, 0.15) is 12.5 Å². The van der Waals surface area contributed by atoms with E-state index in [2.05, 4.69) is 6.58 Å². The zero-order valence-corrected chi connectivity index (χ0v) is 14.6. The minimum Gasteiger partial charge on any atom is -0.504 e. The molecule has 1 amide bonds. The Morgan fingerprint density at radius 3 is 2.78 bits per heavy atom. The molecule has 0 spiro atoms. The van der Waals surface area contributed by atoms with Gasteiger partial charge in [-0.15, -0.1) is 11.3 Å². The second-order valence-electron chi connectivity index (χ2n) is 5.12. The molecule has 1 saturated heterocycles. The van der Waals surface area contributed by atoms with Crippen molar-refractivity contribution < 1.29 is 14.6 Å². The summed E-state index contributed by atoms with van der Waals surface area (Å²) in [7, 11) is 0. The molecule has 6 heteroatoms. The number of hydrogen-bond acceptors (Lipinski definition) is 5. The quantitative estimate of drug-likeness (QED) is 0.892. The van der Waals surface area contributed by atoms with Gasteiger partial charge < -0.3 is 9.84 Å². The van der Waals surface area contributed by atoms with Gasteiger partial charge in [0.25, 0.3) is 0 Å². The van der Waals surface area contributed by atoms with Crippen LogP contribution in [0.4, 0.5) is 5.69 Å². The minimum atomic E-state index is -0.0120. The number of ether oxygens (including phenoxy) is 1. The second-order valence-corrected chi connectivity index (χ2v) is 7.08. The molecule has 1 aromatic heterocycles. The highest BCUT2D eigenvalue weighted by Crippen LogP contribution is 2.45. The van der Waals surface area contributed by atoms with E-state index in [0.29, 0.717) is 34.4 Å². The smallest absolute Gasteiger partial charge is 0.242 e. The van der Waals surface area contributed by atoms with E-state index in [4.69, 9.17) is 4.74 Å². The van der Waals surface area contributed by atoms with Gasteiger partial charge in [-0.05, 0) is 36.9 Å². The maximum Gasteiger partial charge on any atom is 0.242 e. The number of thioether (sulfide) groups is 1. The van der Waals surface area contributed by atoms with Crippen LogP contribution in [-0.2, 0) is 4.79 Å². The number of benzene rings is 1. The number of carbonyl (C=O) groups is 1. The van der Waals surface area contributed by atoms with E-state index in [1.165, 1.54) is 11.8 Å². The van der Waals surface area contributed by atoms with E-state index < -0.39 is 0 Å². The summed E-state index contributed by atoms with van der Waals surface area (Å²) in [5.41, 5.74) is 2.43. The Morgan fingerprint density at radius 2 is 2.22 bits per heavy atom. The minimum absolute atomic E-state index is 0.0120. The molecular weight excluding hydrogens is 330 g/mol. The number of carbonyl (C=O) groups excluding carboxylic acids is 1. The van der Waals surface area contributed by atoms with Gasteiger partial charge in [0.15, 0.2) is 11.5 Å². The summed E-state index contributed by atoms with van der Waals surface area (Å²) >= 11 is 2.97. The molecule has 4 nitrogen and oxygen atoms in total. The van der Waals surface area contributed by atoms with Crippen molar-refractivity contribution in [2.75, 3.05) is 17.3 Å². The fraction of sp³-hybridized carbons (Fsp3) is 0.235. The van der Waals surface area contributed by atoms with Crippen molar-refractivity contribution >= 4 is 34.7 Å². The molecule has 1 fully saturated rings. The number of thiophene rings is 1. The summed E-state index contributed by atoms with van der Waals surface area (Å²) < 4.78 is 5.57. The number of aromatic hydroxyl groups is 1. The Bertz CT molecular complexity index is 766. The summed E-state index contributed by atoms with van der Waals surface area (Å²) in [4.78, 5) is 14.7. The summed E-state index contributed by atoms with van der Waals surface area (Å²) in [5.74, 6) is 0.857. The Kier molecular flexibility index (Phi) is 4.37. The first-order chi connectivity index (χ1) is 11.0. The number of anilines is 1. The van der Waals surface area contributed by atoms with Crippen LogP contribution in [0, 0.1) is 6.92 Å². The standard InChI is InChI=1S/C17H17NO3S2/c1-4-21-14-8-12(18-11(3)23-9-15(18)19)7-13(16(14)20)17-10(2)5-6-22-17/h5-8,20H,3-4,9H2,1-2H3. The monoisotopic (exact) mass is 347 g/mol. The van der Waals surface area contributed by atoms with Gasteiger partial charge in [0.05, 0.1) is 23.1 Å². The molecule has 2 aromatic rings. The van der Waals surface area contributed by atoms with Crippen LogP contribution in [0.15, 0.2) is 35.2 Å². The molecule has 0 radical (unpaired) electrons. The first-order valence-electron chi connectivity index (χ1n) is 7.21. The Morgan fingerprint density at radius 1 is 1.43 bits per heavy atom. The van der Waals surface area contributed by atoms with Gasteiger partial charge in [0.2, 0.25) is 5.91 Å². The molecule has 1 aromatic carbocycles. The van der Waals surface area contributed by atoms with Gasteiger partial charge in [0.1, 0.15) is 0 Å². The number of rotatable bonds is 4. The third kappa shape index (κ3) is 2.84. The predicted octanol–water partition coefficient (Wildman–Crippen LogP) is 4.38. The van der Waals surface area contributed by atoms with Crippen molar-refractivity contribution in [3.8, 4) is 21.9 Å². The van der Waals surface area contributed by atoms with Gasteiger partial charge in [-0.25, -0.2) is 0 Å². The molecule has 0 unspecified atom stereocenters. The van der Waals surface area contributed by atoms with Crippen LogP contribution < -0.4 is 9.64 Å². The molecule has 0 aliphatic carbocycles. The lowest BCUT2D eigenvalue weighted by Crippen LogP contribution is -2.23. The Labute approximate surface area is 143 Å². The van der Waals surface area contributed by atoms with Crippen LogP contribution in [0.5, 0.6) is 11.5 Å². The molecular formula is C17H17NO3S2. The summed E-state index contributed by atoms with van der Waals surface area (Å²) in [6.07, 6.45) is 0. The molecule has 2 heterocycles. The maximum absolute atomic E-state index is 12.1. The third-order valence-electron chi connectivity index (χ3n) is 3.59. The molecule has 0 atom stereocenters.